The van der Waals surface area contributed by atoms with Gasteiger partial charge in [0, 0.05) is 23.7 Å². The first-order chi connectivity index (χ1) is 13.1. The van der Waals surface area contributed by atoms with E-state index in [0.717, 1.165) is 5.76 Å². The highest BCUT2D eigenvalue weighted by Crippen LogP contribution is 2.17. The molecule has 0 amide bonds. The Labute approximate surface area is 162 Å². The average molecular weight is 390 g/mol. The van der Waals surface area contributed by atoms with Crippen LogP contribution < -0.4 is 4.74 Å². The van der Waals surface area contributed by atoms with Gasteiger partial charge >= 0.3 is 0 Å². The van der Waals surface area contributed by atoms with Crippen LogP contribution in [-0.2, 0) is 13.1 Å². The van der Waals surface area contributed by atoms with Crippen LogP contribution >= 0.6 is 11.6 Å². The molecule has 0 aliphatic rings. The largest absolute Gasteiger partial charge is 0.491 e. The van der Waals surface area contributed by atoms with E-state index in [9.17, 15) is 9.50 Å². The van der Waals surface area contributed by atoms with Gasteiger partial charge in [-0.1, -0.05) is 29.8 Å². The van der Waals surface area contributed by atoms with Crippen molar-refractivity contribution < 1.29 is 18.7 Å². The quantitative estimate of drug-likeness (QED) is 0.584. The van der Waals surface area contributed by atoms with Crippen LogP contribution in [0.3, 0.4) is 0 Å². The van der Waals surface area contributed by atoms with Gasteiger partial charge < -0.3 is 14.3 Å². The van der Waals surface area contributed by atoms with Gasteiger partial charge in [0.2, 0.25) is 0 Å². The van der Waals surface area contributed by atoms with Crippen molar-refractivity contribution in [2.24, 2.45) is 0 Å². The topological polar surface area (TPSA) is 45.8 Å². The summed E-state index contributed by atoms with van der Waals surface area (Å²) in [6, 6.07) is 17.2. The standard InChI is InChI=1S/C21H21ClFNO3/c22-17-7-9-19(10-8-17)27-15-18(25)13-24(14-20-5-3-11-26-20)12-16-4-1-2-6-21(16)23/h1-11,18,25H,12-15H2/t18-/m0/s1. The Hall–Kier alpha value is -2.34. The molecule has 0 radical (unpaired) electrons. The summed E-state index contributed by atoms with van der Waals surface area (Å²) in [5.74, 6) is 1.11. The fraction of sp³-hybridized carbons (Fsp3) is 0.238. The van der Waals surface area contributed by atoms with Crippen LogP contribution in [0.5, 0.6) is 5.75 Å². The molecule has 0 aliphatic carbocycles. The minimum absolute atomic E-state index is 0.119. The first-order valence-corrected chi connectivity index (χ1v) is 9.02. The highest BCUT2D eigenvalue weighted by Gasteiger charge is 2.16. The van der Waals surface area contributed by atoms with E-state index in [4.69, 9.17) is 20.8 Å². The number of aliphatic hydroxyl groups excluding tert-OH is 1. The number of ether oxygens (including phenoxy) is 1. The minimum Gasteiger partial charge on any atom is -0.491 e. The van der Waals surface area contributed by atoms with Gasteiger partial charge in [-0.15, -0.1) is 0 Å². The van der Waals surface area contributed by atoms with Crippen molar-refractivity contribution in [1.29, 1.82) is 0 Å². The third-order valence-electron chi connectivity index (χ3n) is 4.04. The lowest BCUT2D eigenvalue weighted by Crippen LogP contribution is -2.35. The molecule has 0 aliphatic heterocycles. The second-order valence-electron chi connectivity index (χ2n) is 6.26. The van der Waals surface area contributed by atoms with Gasteiger partial charge in [0.05, 0.1) is 12.8 Å². The molecule has 1 heterocycles. The molecule has 3 aromatic rings. The molecule has 6 heteroatoms. The molecule has 3 rings (SSSR count). The third-order valence-corrected chi connectivity index (χ3v) is 4.29. The predicted molar refractivity (Wildman–Crippen MR) is 102 cm³/mol. The number of nitrogens with zero attached hydrogens (tertiary/aromatic N) is 1. The molecule has 0 unspecified atom stereocenters. The normalized spacial score (nSPS) is 12.3. The van der Waals surface area contributed by atoms with E-state index >= 15 is 0 Å². The maximum absolute atomic E-state index is 14.0. The molecule has 27 heavy (non-hydrogen) atoms. The molecule has 2 aromatic carbocycles. The number of halogens is 2. The molecule has 1 N–H and O–H groups in total. The van der Waals surface area contributed by atoms with Crippen molar-refractivity contribution in [2.45, 2.75) is 19.2 Å². The van der Waals surface area contributed by atoms with Crippen LogP contribution in [0.4, 0.5) is 4.39 Å². The Kier molecular flexibility index (Phi) is 6.87. The van der Waals surface area contributed by atoms with Crippen molar-refractivity contribution >= 4 is 11.6 Å². The van der Waals surface area contributed by atoms with E-state index in [1.807, 2.05) is 11.0 Å². The second-order valence-corrected chi connectivity index (χ2v) is 6.70. The monoisotopic (exact) mass is 389 g/mol. The molecule has 4 nitrogen and oxygen atoms in total. The van der Waals surface area contributed by atoms with Crippen LogP contribution in [0.15, 0.2) is 71.3 Å². The van der Waals surface area contributed by atoms with Crippen molar-refractivity contribution in [2.75, 3.05) is 13.2 Å². The molecular weight excluding hydrogens is 369 g/mol. The fourth-order valence-corrected chi connectivity index (χ4v) is 2.88. The highest BCUT2D eigenvalue weighted by molar-refractivity contribution is 6.30. The third kappa shape index (κ3) is 6.10. The summed E-state index contributed by atoms with van der Waals surface area (Å²) in [6.07, 6.45) is 0.846. The highest BCUT2D eigenvalue weighted by atomic mass is 35.5. The maximum atomic E-state index is 14.0. The maximum Gasteiger partial charge on any atom is 0.127 e. The molecule has 0 saturated carbocycles. The van der Waals surface area contributed by atoms with Crippen LogP contribution in [-0.4, -0.2) is 29.3 Å². The van der Waals surface area contributed by atoms with Gasteiger partial charge in [-0.3, -0.25) is 4.90 Å². The SMILES string of the molecule is O[C@H](COc1ccc(Cl)cc1)CN(Cc1ccco1)Cc1ccccc1F. The molecule has 1 atom stereocenters. The lowest BCUT2D eigenvalue weighted by atomic mass is 10.2. The van der Waals surface area contributed by atoms with E-state index in [2.05, 4.69) is 0 Å². The summed E-state index contributed by atoms with van der Waals surface area (Å²) in [5.41, 5.74) is 0.565. The zero-order chi connectivity index (χ0) is 19.1. The molecule has 1 aromatic heterocycles. The zero-order valence-corrected chi connectivity index (χ0v) is 15.5. The van der Waals surface area contributed by atoms with Crippen molar-refractivity contribution in [1.82, 2.24) is 4.90 Å². The predicted octanol–water partition coefficient (Wildman–Crippen LogP) is 4.51. The summed E-state index contributed by atoms with van der Waals surface area (Å²) in [4.78, 5) is 1.92. The van der Waals surface area contributed by atoms with Gasteiger partial charge in [-0.2, -0.15) is 0 Å². The van der Waals surface area contributed by atoms with Crippen LogP contribution in [0.2, 0.25) is 5.02 Å². The molecule has 0 bridgehead atoms. The summed E-state index contributed by atoms with van der Waals surface area (Å²) in [7, 11) is 0. The number of benzene rings is 2. The van der Waals surface area contributed by atoms with Crippen LogP contribution in [0.25, 0.3) is 0 Å². The number of hydrogen-bond acceptors (Lipinski definition) is 4. The zero-order valence-electron chi connectivity index (χ0n) is 14.7. The summed E-state index contributed by atoms with van der Waals surface area (Å²) in [6.45, 7) is 1.24. The van der Waals surface area contributed by atoms with E-state index in [-0.39, 0.29) is 12.4 Å². The summed E-state index contributed by atoms with van der Waals surface area (Å²) < 4.78 is 25.0. The Morgan fingerprint density at radius 1 is 1.04 bits per heavy atom. The van der Waals surface area contributed by atoms with E-state index in [1.54, 1.807) is 54.8 Å². The number of hydrogen-bond donors (Lipinski definition) is 1. The van der Waals surface area contributed by atoms with Crippen LogP contribution in [0, 0.1) is 5.82 Å². The Morgan fingerprint density at radius 3 is 2.52 bits per heavy atom. The lowest BCUT2D eigenvalue weighted by Gasteiger charge is -2.24. The smallest absolute Gasteiger partial charge is 0.127 e. The molecule has 0 spiro atoms. The first kappa shape index (κ1) is 19.4. The van der Waals surface area contributed by atoms with Gasteiger partial charge in [-0.25, -0.2) is 4.39 Å². The van der Waals surface area contributed by atoms with Gasteiger partial charge in [0.15, 0.2) is 0 Å². The number of furan rings is 1. The van der Waals surface area contributed by atoms with Crippen molar-refractivity contribution in [3.8, 4) is 5.75 Å². The second kappa shape index (κ2) is 9.55. The molecular formula is C21H21ClFNO3. The van der Waals surface area contributed by atoms with Gasteiger partial charge in [0.25, 0.3) is 0 Å². The number of rotatable bonds is 9. The molecule has 142 valence electrons. The summed E-state index contributed by atoms with van der Waals surface area (Å²) >= 11 is 5.85. The molecule has 0 saturated heterocycles. The first-order valence-electron chi connectivity index (χ1n) is 8.65. The Morgan fingerprint density at radius 2 is 1.81 bits per heavy atom. The molecule has 0 fully saturated rings. The van der Waals surface area contributed by atoms with Crippen LogP contribution in [0.1, 0.15) is 11.3 Å². The van der Waals surface area contributed by atoms with Crippen molar-refractivity contribution in [3.05, 3.63) is 89.1 Å². The van der Waals surface area contributed by atoms with Crippen molar-refractivity contribution in [3.63, 3.8) is 0 Å². The minimum atomic E-state index is -0.748. The van der Waals surface area contributed by atoms with E-state index in [1.165, 1.54) is 6.07 Å². The van der Waals surface area contributed by atoms with Gasteiger partial charge in [-0.05, 0) is 42.5 Å². The fourth-order valence-electron chi connectivity index (χ4n) is 2.75. The summed E-state index contributed by atoms with van der Waals surface area (Å²) in [5, 5.41) is 11.0. The average Bonchev–Trinajstić information content (AvgIpc) is 3.16. The Bertz CT molecular complexity index is 824. The van der Waals surface area contributed by atoms with Gasteiger partial charge in [0.1, 0.15) is 30.0 Å². The number of aliphatic hydroxyl groups is 1. The van der Waals surface area contributed by atoms with E-state index in [0.29, 0.717) is 36.0 Å². The Balaban J connectivity index is 1.61. The van der Waals surface area contributed by atoms with E-state index < -0.39 is 6.10 Å². The lowest BCUT2D eigenvalue weighted by molar-refractivity contribution is 0.0601.